The highest BCUT2D eigenvalue weighted by Gasteiger charge is 2.36. The minimum Gasteiger partial charge on any atom is -0.354 e. The SMILES string of the molecule is FC(F)(F)c1cccnc1N1CCN(c2cccc3nncn23)CC1. The number of rotatable bonds is 2. The van der Waals surface area contributed by atoms with Gasteiger partial charge in [0, 0.05) is 32.4 Å². The molecule has 3 aromatic heterocycles. The Morgan fingerprint density at radius 1 is 0.920 bits per heavy atom. The van der Waals surface area contributed by atoms with E-state index < -0.39 is 11.7 Å². The van der Waals surface area contributed by atoms with E-state index in [1.54, 1.807) is 11.2 Å². The lowest BCUT2D eigenvalue weighted by Gasteiger charge is -2.37. The number of anilines is 2. The van der Waals surface area contributed by atoms with Crippen molar-refractivity contribution in [3.8, 4) is 0 Å². The van der Waals surface area contributed by atoms with Crippen molar-refractivity contribution in [2.75, 3.05) is 36.0 Å². The van der Waals surface area contributed by atoms with E-state index in [0.717, 1.165) is 17.5 Å². The minimum atomic E-state index is -4.41. The molecule has 0 unspecified atom stereocenters. The summed E-state index contributed by atoms with van der Waals surface area (Å²) < 4.78 is 41.4. The predicted octanol–water partition coefficient (Wildman–Crippen LogP) is 2.47. The largest absolute Gasteiger partial charge is 0.419 e. The molecule has 0 N–H and O–H groups in total. The fourth-order valence-electron chi connectivity index (χ4n) is 3.11. The molecule has 25 heavy (non-hydrogen) atoms. The molecule has 3 aromatic rings. The average molecular weight is 348 g/mol. The molecule has 6 nitrogen and oxygen atoms in total. The summed E-state index contributed by atoms with van der Waals surface area (Å²) in [5.41, 5.74) is 0.0494. The van der Waals surface area contributed by atoms with Crippen LogP contribution in [0.1, 0.15) is 5.56 Å². The van der Waals surface area contributed by atoms with Crippen LogP contribution in [-0.2, 0) is 6.18 Å². The van der Waals surface area contributed by atoms with Gasteiger partial charge >= 0.3 is 6.18 Å². The van der Waals surface area contributed by atoms with Gasteiger partial charge in [-0.25, -0.2) is 4.98 Å². The van der Waals surface area contributed by atoms with Gasteiger partial charge in [0.15, 0.2) is 5.65 Å². The summed E-state index contributed by atoms with van der Waals surface area (Å²) in [6.45, 7) is 2.09. The van der Waals surface area contributed by atoms with Crippen molar-refractivity contribution in [2.24, 2.45) is 0 Å². The number of nitrogens with zero attached hydrogens (tertiary/aromatic N) is 6. The van der Waals surface area contributed by atoms with Crippen molar-refractivity contribution in [1.29, 1.82) is 0 Å². The fraction of sp³-hybridized carbons (Fsp3) is 0.312. The first-order chi connectivity index (χ1) is 12.0. The van der Waals surface area contributed by atoms with Crippen molar-refractivity contribution in [3.63, 3.8) is 0 Å². The maximum Gasteiger partial charge on any atom is 0.419 e. The van der Waals surface area contributed by atoms with Crippen molar-refractivity contribution in [2.45, 2.75) is 6.18 Å². The van der Waals surface area contributed by atoms with Crippen LogP contribution in [0.4, 0.5) is 24.8 Å². The van der Waals surface area contributed by atoms with Gasteiger partial charge in [0.25, 0.3) is 0 Å². The Morgan fingerprint density at radius 3 is 2.44 bits per heavy atom. The van der Waals surface area contributed by atoms with Crippen molar-refractivity contribution >= 4 is 17.3 Å². The second-order valence-corrected chi connectivity index (χ2v) is 5.79. The van der Waals surface area contributed by atoms with Gasteiger partial charge in [-0.3, -0.25) is 4.40 Å². The lowest BCUT2D eigenvalue weighted by atomic mass is 10.2. The van der Waals surface area contributed by atoms with Crippen molar-refractivity contribution in [1.82, 2.24) is 19.6 Å². The molecule has 1 saturated heterocycles. The summed E-state index contributed by atoms with van der Waals surface area (Å²) in [5, 5.41) is 7.92. The number of piperazine rings is 1. The first-order valence-electron chi connectivity index (χ1n) is 7.85. The molecule has 1 aliphatic rings. The second-order valence-electron chi connectivity index (χ2n) is 5.79. The third kappa shape index (κ3) is 2.86. The van der Waals surface area contributed by atoms with Gasteiger partial charge in [-0.1, -0.05) is 6.07 Å². The highest BCUT2D eigenvalue weighted by Crippen LogP contribution is 2.35. The Morgan fingerprint density at radius 2 is 1.68 bits per heavy atom. The lowest BCUT2D eigenvalue weighted by molar-refractivity contribution is -0.137. The molecular formula is C16H15F3N6. The Balaban J connectivity index is 1.56. The zero-order valence-electron chi connectivity index (χ0n) is 13.2. The van der Waals surface area contributed by atoms with E-state index in [1.807, 2.05) is 22.6 Å². The molecule has 0 amide bonds. The number of aromatic nitrogens is 4. The van der Waals surface area contributed by atoms with E-state index >= 15 is 0 Å². The standard InChI is InChI=1S/C16H15F3N6/c17-16(18,19)12-3-2-6-20-15(12)24-9-7-23(8-10-24)14-5-1-4-13-22-21-11-25(13)14/h1-6,11H,7-10H2. The molecule has 4 heterocycles. The Labute approximate surface area is 141 Å². The molecule has 0 atom stereocenters. The molecule has 0 saturated carbocycles. The number of alkyl halides is 3. The summed E-state index contributed by atoms with van der Waals surface area (Å²) in [6, 6.07) is 8.10. The molecule has 0 aliphatic carbocycles. The highest BCUT2D eigenvalue weighted by atomic mass is 19.4. The summed E-state index contributed by atoms with van der Waals surface area (Å²) in [4.78, 5) is 7.77. The Kier molecular flexibility index (Phi) is 3.70. The third-order valence-electron chi connectivity index (χ3n) is 4.31. The van der Waals surface area contributed by atoms with Gasteiger partial charge in [-0.05, 0) is 24.3 Å². The number of hydrogen-bond acceptors (Lipinski definition) is 5. The number of pyridine rings is 2. The smallest absolute Gasteiger partial charge is 0.354 e. The predicted molar refractivity (Wildman–Crippen MR) is 86.7 cm³/mol. The van der Waals surface area contributed by atoms with E-state index in [2.05, 4.69) is 20.1 Å². The van der Waals surface area contributed by atoms with Crippen LogP contribution in [0.25, 0.3) is 5.65 Å². The Hall–Kier alpha value is -2.84. The molecule has 1 fully saturated rings. The average Bonchev–Trinajstić information content (AvgIpc) is 3.10. The van der Waals surface area contributed by atoms with Crippen LogP contribution in [0.2, 0.25) is 0 Å². The molecule has 0 bridgehead atoms. The van der Waals surface area contributed by atoms with Gasteiger partial charge in [-0.2, -0.15) is 13.2 Å². The number of halogens is 3. The molecule has 1 aliphatic heterocycles. The maximum absolute atomic E-state index is 13.2. The molecular weight excluding hydrogens is 333 g/mol. The zero-order chi connectivity index (χ0) is 17.4. The zero-order valence-corrected chi connectivity index (χ0v) is 13.2. The van der Waals surface area contributed by atoms with Crippen LogP contribution < -0.4 is 9.80 Å². The molecule has 0 radical (unpaired) electrons. The Bertz CT molecular complexity index is 883. The summed E-state index contributed by atoms with van der Waals surface area (Å²) in [7, 11) is 0. The molecule has 130 valence electrons. The van der Waals surface area contributed by atoms with Gasteiger partial charge in [0.05, 0.1) is 5.56 Å². The van der Waals surface area contributed by atoms with Crippen molar-refractivity contribution < 1.29 is 13.2 Å². The van der Waals surface area contributed by atoms with Crippen LogP contribution in [0, 0.1) is 0 Å². The normalized spacial score (nSPS) is 15.8. The maximum atomic E-state index is 13.2. The monoisotopic (exact) mass is 348 g/mol. The summed E-state index contributed by atoms with van der Waals surface area (Å²) in [6.07, 6.45) is -1.37. The van der Waals surface area contributed by atoms with Crippen LogP contribution in [0.3, 0.4) is 0 Å². The first kappa shape index (κ1) is 15.7. The molecule has 0 aromatic carbocycles. The van der Waals surface area contributed by atoms with E-state index in [0.29, 0.717) is 26.2 Å². The van der Waals surface area contributed by atoms with E-state index in [4.69, 9.17) is 0 Å². The van der Waals surface area contributed by atoms with Gasteiger partial charge < -0.3 is 9.80 Å². The molecule has 0 spiro atoms. The molecule has 9 heteroatoms. The topological polar surface area (TPSA) is 49.6 Å². The quantitative estimate of drug-likeness (QED) is 0.712. The summed E-state index contributed by atoms with van der Waals surface area (Å²) in [5.74, 6) is 0.927. The number of hydrogen-bond donors (Lipinski definition) is 0. The van der Waals surface area contributed by atoms with E-state index in [1.165, 1.54) is 12.3 Å². The minimum absolute atomic E-state index is 0.00263. The third-order valence-corrected chi connectivity index (χ3v) is 4.31. The van der Waals surface area contributed by atoms with E-state index in [9.17, 15) is 13.2 Å². The number of fused-ring (bicyclic) bond motifs is 1. The van der Waals surface area contributed by atoms with Crippen LogP contribution >= 0.6 is 0 Å². The van der Waals surface area contributed by atoms with E-state index in [-0.39, 0.29) is 5.82 Å². The fourth-order valence-corrected chi connectivity index (χ4v) is 3.11. The van der Waals surface area contributed by atoms with Gasteiger partial charge in [-0.15, -0.1) is 10.2 Å². The molecule has 4 rings (SSSR count). The summed E-state index contributed by atoms with van der Waals surface area (Å²) >= 11 is 0. The van der Waals surface area contributed by atoms with Gasteiger partial charge in [0.1, 0.15) is 18.0 Å². The second kappa shape index (κ2) is 5.91. The lowest BCUT2D eigenvalue weighted by Crippen LogP contribution is -2.47. The van der Waals surface area contributed by atoms with Crippen molar-refractivity contribution in [3.05, 3.63) is 48.4 Å². The van der Waals surface area contributed by atoms with Crippen LogP contribution in [0.15, 0.2) is 42.9 Å². The first-order valence-corrected chi connectivity index (χ1v) is 7.85. The van der Waals surface area contributed by atoms with Gasteiger partial charge in [0.2, 0.25) is 0 Å². The highest BCUT2D eigenvalue weighted by molar-refractivity contribution is 5.54. The van der Waals surface area contributed by atoms with Crippen LogP contribution in [0.5, 0.6) is 0 Å². The van der Waals surface area contributed by atoms with Crippen LogP contribution in [-0.4, -0.2) is 45.8 Å².